The van der Waals surface area contributed by atoms with Crippen LogP contribution in [0.3, 0.4) is 0 Å². The number of aliphatic hydroxyl groups excluding tert-OH is 1. The smallest absolute Gasteiger partial charge is 0.295 e. The van der Waals surface area contributed by atoms with Gasteiger partial charge < -0.3 is 10.0 Å². The maximum absolute atomic E-state index is 13.1. The van der Waals surface area contributed by atoms with Crippen molar-refractivity contribution in [3.8, 4) is 0 Å². The molecule has 1 N–H and O–H groups in total. The summed E-state index contributed by atoms with van der Waals surface area (Å²) in [4.78, 5) is 27.9. The largest absolute Gasteiger partial charge is 0.507 e. The van der Waals surface area contributed by atoms with E-state index >= 15 is 0 Å². The van der Waals surface area contributed by atoms with E-state index < -0.39 is 17.7 Å². The third-order valence-corrected chi connectivity index (χ3v) is 5.98. The fourth-order valence-corrected chi connectivity index (χ4v) is 4.54. The molecule has 1 aliphatic heterocycles. The van der Waals surface area contributed by atoms with Crippen molar-refractivity contribution in [1.29, 1.82) is 0 Å². The van der Waals surface area contributed by atoms with E-state index in [1.54, 1.807) is 17.0 Å². The third-order valence-electron chi connectivity index (χ3n) is 5.98. The SMILES string of the molecule is Cc1ccccc1C1/C(=C(/O)c2ccccc2)C(=O)C(=O)N1C1CCCCC1. The summed E-state index contributed by atoms with van der Waals surface area (Å²) < 4.78 is 0. The average Bonchev–Trinajstić information content (AvgIpc) is 3.00. The quantitative estimate of drug-likeness (QED) is 0.478. The molecule has 1 unspecified atom stereocenters. The van der Waals surface area contributed by atoms with E-state index in [1.165, 1.54) is 6.42 Å². The lowest BCUT2D eigenvalue weighted by Crippen LogP contribution is -2.40. The molecule has 0 aromatic heterocycles. The van der Waals surface area contributed by atoms with Crippen LogP contribution in [0.5, 0.6) is 0 Å². The molecule has 4 rings (SSSR count). The number of ketones is 1. The summed E-state index contributed by atoms with van der Waals surface area (Å²) in [6, 6.07) is 16.3. The minimum atomic E-state index is -0.583. The van der Waals surface area contributed by atoms with Crippen LogP contribution in [0.25, 0.3) is 5.76 Å². The Morgan fingerprint density at radius 3 is 2.25 bits per heavy atom. The first-order chi connectivity index (χ1) is 13.6. The van der Waals surface area contributed by atoms with Gasteiger partial charge in [-0.05, 0) is 30.9 Å². The zero-order valence-corrected chi connectivity index (χ0v) is 16.1. The number of benzene rings is 2. The molecule has 1 heterocycles. The van der Waals surface area contributed by atoms with E-state index in [4.69, 9.17) is 0 Å². The number of aryl methyl sites for hydroxylation is 1. The lowest BCUT2D eigenvalue weighted by atomic mass is 9.89. The topological polar surface area (TPSA) is 57.6 Å². The second-order valence-electron chi connectivity index (χ2n) is 7.72. The van der Waals surface area contributed by atoms with Gasteiger partial charge in [-0.3, -0.25) is 9.59 Å². The fraction of sp³-hybridized carbons (Fsp3) is 0.333. The number of carbonyl (C=O) groups is 2. The van der Waals surface area contributed by atoms with Crippen LogP contribution < -0.4 is 0 Å². The molecule has 2 aromatic rings. The zero-order valence-electron chi connectivity index (χ0n) is 16.1. The van der Waals surface area contributed by atoms with E-state index in [0.717, 1.165) is 36.8 Å². The van der Waals surface area contributed by atoms with Crippen LogP contribution in [0.2, 0.25) is 0 Å². The maximum Gasteiger partial charge on any atom is 0.295 e. The number of amides is 1. The van der Waals surface area contributed by atoms with Gasteiger partial charge in [0.2, 0.25) is 0 Å². The van der Waals surface area contributed by atoms with Crippen LogP contribution >= 0.6 is 0 Å². The second-order valence-corrected chi connectivity index (χ2v) is 7.72. The van der Waals surface area contributed by atoms with Gasteiger partial charge in [-0.25, -0.2) is 0 Å². The summed E-state index contributed by atoms with van der Waals surface area (Å²) >= 11 is 0. The molecule has 144 valence electrons. The van der Waals surface area contributed by atoms with Gasteiger partial charge in [0.15, 0.2) is 0 Å². The van der Waals surface area contributed by atoms with Gasteiger partial charge in [-0.2, -0.15) is 0 Å². The fourth-order valence-electron chi connectivity index (χ4n) is 4.54. The van der Waals surface area contributed by atoms with Gasteiger partial charge in [-0.15, -0.1) is 0 Å². The minimum absolute atomic E-state index is 0.0379. The number of hydrogen-bond donors (Lipinski definition) is 1. The van der Waals surface area contributed by atoms with E-state index in [0.29, 0.717) is 5.56 Å². The molecule has 4 heteroatoms. The molecular weight excluding hydrogens is 350 g/mol. The van der Waals surface area contributed by atoms with Crippen molar-refractivity contribution < 1.29 is 14.7 Å². The van der Waals surface area contributed by atoms with Crippen LogP contribution in [0.15, 0.2) is 60.2 Å². The monoisotopic (exact) mass is 375 g/mol. The molecular formula is C24H25NO3. The molecule has 0 bridgehead atoms. The lowest BCUT2D eigenvalue weighted by Gasteiger charge is -2.36. The van der Waals surface area contributed by atoms with Gasteiger partial charge in [0.25, 0.3) is 11.7 Å². The molecule has 0 radical (unpaired) electrons. The Bertz CT molecular complexity index is 926. The number of carbonyl (C=O) groups excluding carboxylic acids is 2. The highest BCUT2D eigenvalue weighted by atomic mass is 16.3. The first-order valence-corrected chi connectivity index (χ1v) is 10.0. The van der Waals surface area contributed by atoms with Gasteiger partial charge >= 0.3 is 0 Å². The predicted molar refractivity (Wildman–Crippen MR) is 109 cm³/mol. The van der Waals surface area contributed by atoms with Crippen LogP contribution in [0, 0.1) is 6.92 Å². The molecule has 2 fully saturated rings. The van der Waals surface area contributed by atoms with Crippen molar-refractivity contribution in [3.63, 3.8) is 0 Å². The number of rotatable bonds is 3. The van der Waals surface area contributed by atoms with Crippen LogP contribution in [0.4, 0.5) is 0 Å². The Hall–Kier alpha value is -2.88. The molecule has 28 heavy (non-hydrogen) atoms. The molecule has 2 aliphatic rings. The van der Waals surface area contributed by atoms with E-state index in [9.17, 15) is 14.7 Å². The summed E-state index contributed by atoms with van der Waals surface area (Å²) in [6.45, 7) is 1.98. The number of hydrogen-bond acceptors (Lipinski definition) is 3. The van der Waals surface area contributed by atoms with Crippen LogP contribution in [-0.2, 0) is 9.59 Å². The highest BCUT2D eigenvalue weighted by molar-refractivity contribution is 6.46. The number of Topliss-reactive ketones (excluding diaryl/α,β-unsaturated/α-hetero) is 1. The van der Waals surface area contributed by atoms with Crippen molar-refractivity contribution in [2.75, 3.05) is 0 Å². The van der Waals surface area contributed by atoms with Gasteiger partial charge in [0, 0.05) is 11.6 Å². The van der Waals surface area contributed by atoms with Gasteiger partial charge in [0.1, 0.15) is 5.76 Å². The summed E-state index contributed by atoms with van der Waals surface area (Å²) in [5.74, 6) is -1.16. The van der Waals surface area contributed by atoms with E-state index in [-0.39, 0.29) is 17.4 Å². The highest BCUT2D eigenvalue weighted by Crippen LogP contribution is 2.43. The van der Waals surface area contributed by atoms with E-state index in [2.05, 4.69) is 0 Å². The van der Waals surface area contributed by atoms with Crippen molar-refractivity contribution in [1.82, 2.24) is 4.90 Å². The minimum Gasteiger partial charge on any atom is -0.507 e. The molecule has 4 nitrogen and oxygen atoms in total. The summed E-state index contributed by atoms with van der Waals surface area (Å²) in [5, 5.41) is 11.0. The van der Waals surface area contributed by atoms with Crippen molar-refractivity contribution in [2.45, 2.75) is 51.1 Å². The molecule has 1 atom stereocenters. The molecule has 1 saturated carbocycles. The average molecular weight is 375 g/mol. The molecule has 1 amide bonds. The summed E-state index contributed by atoms with van der Waals surface area (Å²) in [6.07, 6.45) is 5.10. The Kier molecular flexibility index (Phi) is 5.03. The van der Waals surface area contributed by atoms with Crippen LogP contribution in [0.1, 0.15) is 54.8 Å². The Morgan fingerprint density at radius 1 is 0.929 bits per heavy atom. The van der Waals surface area contributed by atoms with Gasteiger partial charge in [0.05, 0.1) is 11.6 Å². The summed E-state index contributed by atoms with van der Waals surface area (Å²) in [5.41, 5.74) is 2.68. The zero-order chi connectivity index (χ0) is 19.7. The first kappa shape index (κ1) is 18.5. The number of aliphatic hydroxyl groups is 1. The van der Waals surface area contributed by atoms with E-state index in [1.807, 2.05) is 49.4 Å². The second kappa shape index (κ2) is 7.63. The molecule has 2 aromatic carbocycles. The normalized spacial score (nSPS) is 22.6. The number of likely N-dealkylation sites (tertiary alicyclic amines) is 1. The van der Waals surface area contributed by atoms with Crippen LogP contribution in [-0.4, -0.2) is 27.7 Å². The molecule has 1 aliphatic carbocycles. The Labute approximate surface area is 165 Å². The Balaban J connectivity index is 1.90. The standard InChI is InChI=1S/C24H25NO3/c1-16-10-8-9-15-19(16)21-20(22(26)17-11-4-2-5-12-17)23(27)24(28)25(21)18-13-6-3-7-14-18/h2,4-5,8-12,15,18,21,26H,3,6-7,13-14H2,1H3/b22-20-. The maximum atomic E-state index is 13.1. The third kappa shape index (κ3) is 3.13. The first-order valence-electron chi connectivity index (χ1n) is 10.0. The predicted octanol–water partition coefficient (Wildman–Crippen LogP) is 4.75. The van der Waals surface area contributed by atoms with Gasteiger partial charge in [-0.1, -0.05) is 73.9 Å². The molecule has 1 saturated heterocycles. The highest BCUT2D eigenvalue weighted by Gasteiger charge is 2.49. The molecule has 0 spiro atoms. The van der Waals surface area contributed by atoms with Crippen molar-refractivity contribution in [3.05, 3.63) is 76.9 Å². The van der Waals surface area contributed by atoms with Crippen molar-refractivity contribution in [2.24, 2.45) is 0 Å². The Morgan fingerprint density at radius 2 is 1.57 bits per heavy atom. The summed E-state index contributed by atoms with van der Waals surface area (Å²) in [7, 11) is 0. The van der Waals surface area contributed by atoms with Crippen molar-refractivity contribution >= 4 is 17.4 Å². The number of nitrogens with zero attached hydrogens (tertiary/aromatic N) is 1. The lowest BCUT2D eigenvalue weighted by molar-refractivity contribution is -0.141.